The molecule has 3 nitrogen and oxygen atoms in total. The fourth-order valence-corrected chi connectivity index (χ4v) is 1.62. The molecule has 0 aromatic carbocycles. The van der Waals surface area contributed by atoms with Gasteiger partial charge in [-0.25, -0.2) is 4.98 Å². The Morgan fingerprint density at radius 3 is 2.64 bits per heavy atom. The van der Waals surface area contributed by atoms with Crippen LogP contribution in [0.4, 0.5) is 5.13 Å². The molecule has 1 aromatic rings. The number of nitrogens with one attached hydrogen (secondary N) is 1. The van der Waals surface area contributed by atoms with Crippen LogP contribution in [-0.4, -0.2) is 36.1 Å². The summed E-state index contributed by atoms with van der Waals surface area (Å²) in [5.74, 6) is 0. The SMILES string of the molecule is CN(C)C(C)(C)CNc1nc(Cl)cs1. The van der Waals surface area contributed by atoms with Crippen LogP contribution < -0.4 is 5.32 Å². The molecule has 0 aliphatic carbocycles. The van der Waals surface area contributed by atoms with E-state index in [4.69, 9.17) is 11.6 Å². The Hall–Kier alpha value is -0.320. The van der Waals surface area contributed by atoms with Crippen molar-refractivity contribution in [1.82, 2.24) is 9.88 Å². The molecule has 1 heterocycles. The molecule has 0 spiro atoms. The van der Waals surface area contributed by atoms with E-state index in [2.05, 4.69) is 43.1 Å². The Morgan fingerprint density at radius 1 is 1.57 bits per heavy atom. The van der Waals surface area contributed by atoms with E-state index in [1.807, 2.05) is 5.38 Å². The smallest absolute Gasteiger partial charge is 0.184 e. The summed E-state index contributed by atoms with van der Waals surface area (Å²) in [5.41, 5.74) is 0.109. The zero-order chi connectivity index (χ0) is 10.8. The fraction of sp³-hybridized carbons (Fsp3) is 0.667. The molecule has 0 aliphatic heterocycles. The first-order chi connectivity index (χ1) is 6.42. The van der Waals surface area contributed by atoms with Crippen LogP contribution in [0.2, 0.25) is 5.15 Å². The quantitative estimate of drug-likeness (QED) is 0.867. The van der Waals surface area contributed by atoms with E-state index < -0.39 is 0 Å². The van der Waals surface area contributed by atoms with Gasteiger partial charge in [-0.1, -0.05) is 11.6 Å². The molecule has 80 valence electrons. The van der Waals surface area contributed by atoms with E-state index >= 15 is 0 Å². The third-order valence-electron chi connectivity index (χ3n) is 2.36. The summed E-state index contributed by atoms with van der Waals surface area (Å²) < 4.78 is 0. The van der Waals surface area contributed by atoms with Crippen molar-refractivity contribution in [2.24, 2.45) is 0 Å². The van der Waals surface area contributed by atoms with Crippen LogP contribution in [-0.2, 0) is 0 Å². The fourth-order valence-electron chi connectivity index (χ4n) is 0.785. The third kappa shape index (κ3) is 3.12. The van der Waals surface area contributed by atoms with Crippen molar-refractivity contribution < 1.29 is 0 Å². The average Bonchev–Trinajstić information content (AvgIpc) is 2.48. The first-order valence-electron chi connectivity index (χ1n) is 4.44. The molecule has 1 aromatic heterocycles. The summed E-state index contributed by atoms with van der Waals surface area (Å²) in [7, 11) is 4.13. The molecule has 0 atom stereocenters. The summed E-state index contributed by atoms with van der Waals surface area (Å²) in [4.78, 5) is 6.30. The van der Waals surface area contributed by atoms with Gasteiger partial charge in [-0.05, 0) is 27.9 Å². The van der Waals surface area contributed by atoms with Crippen molar-refractivity contribution >= 4 is 28.1 Å². The lowest BCUT2D eigenvalue weighted by molar-refractivity contribution is 0.210. The second kappa shape index (κ2) is 4.47. The van der Waals surface area contributed by atoms with Gasteiger partial charge in [-0.15, -0.1) is 11.3 Å². The Morgan fingerprint density at radius 2 is 2.21 bits per heavy atom. The van der Waals surface area contributed by atoms with Gasteiger partial charge >= 0.3 is 0 Å². The lowest BCUT2D eigenvalue weighted by atomic mass is 10.1. The van der Waals surface area contributed by atoms with Gasteiger partial charge < -0.3 is 10.2 Å². The predicted molar refractivity (Wildman–Crippen MR) is 63.4 cm³/mol. The molecule has 0 amide bonds. The van der Waals surface area contributed by atoms with E-state index in [0.29, 0.717) is 5.15 Å². The number of likely N-dealkylation sites (N-methyl/N-ethyl adjacent to an activating group) is 1. The molecular weight excluding hydrogens is 218 g/mol. The second-order valence-corrected chi connectivity index (χ2v) is 5.28. The molecule has 0 radical (unpaired) electrons. The maximum absolute atomic E-state index is 5.72. The first kappa shape index (κ1) is 11.8. The monoisotopic (exact) mass is 233 g/mol. The number of rotatable bonds is 4. The number of aromatic nitrogens is 1. The van der Waals surface area contributed by atoms with Crippen LogP contribution in [0.1, 0.15) is 13.8 Å². The highest BCUT2D eigenvalue weighted by Crippen LogP contribution is 2.20. The normalized spacial score (nSPS) is 12.1. The van der Waals surface area contributed by atoms with Crippen molar-refractivity contribution in [1.29, 1.82) is 0 Å². The number of thiazole rings is 1. The second-order valence-electron chi connectivity index (χ2n) is 4.04. The lowest BCUT2D eigenvalue weighted by Gasteiger charge is -2.32. The topological polar surface area (TPSA) is 28.2 Å². The van der Waals surface area contributed by atoms with Gasteiger partial charge in [0.1, 0.15) is 5.15 Å². The molecular formula is C9H16ClN3S. The molecule has 0 bridgehead atoms. The molecule has 1 N–H and O–H groups in total. The van der Waals surface area contributed by atoms with E-state index in [9.17, 15) is 0 Å². The molecule has 0 fully saturated rings. The van der Waals surface area contributed by atoms with Gasteiger partial charge in [0, 0.05) is 17.5 Å². The van der Waals surface area contributed by atoms with E-state index in [1.165, 1.54) is 11.3 Å². The zero-order valence-electron chi connectivity index (χ0n) is 8.97. The Labute approximate surface area is 94.1 Å². The van der Waals surface area contributed by atoms with E-state index in [-0.39, 0.29) is 5.54 Å². The summed E-state index contributed by atoms with van der Waals surface area (Å²) in [6.07, 6.45) is 0. The van der Waals surface area contributed by atoms with Gasteiger partial charge in [0.15, 0.2) is 5.13 Å². The van der Waals surface area contributed by atoms with Crippen molar-refractivity contribution in [2.75, 3.05) is 26.0 Å². The van der Waals surface area contributed by atoms with Gasteiger partial charge in [0.05, 0.1) is 0 Å². The Bertz CT molecular complexity index is 296. The van der Waals surface area contributed by atoms with Crippen molar-refractivity contribution in [3.63, 3.8) is 0 Å². The number of anilines is 1. The number of halogens is 1. The number of nitrogens with zero attached hydrogens (tertiary/aromatic N) is 2. The number of hydrogen-bond donors (Lipinski definition) is 1. The van der Waals surface area contributed by atoms with Crippen LogP contribution in [0, 0.1) is 0 Å². The molecule has 0 unspecified atom stereocenters. The predicted octanol–water partition coefficient (Wildman–Crippen LogP) is 2.55. The van der Waals surface area contributed by atoms with Crippen LogP contribution in [0.3, 0.4) is 0 Å². The molecule has 0 aliphatic rings. The van der Waals surface area contributed by atoms with Crippen molar-refractivity contribution in [3.05, 3.63) is 10.5 Å². The van der Waals surface area contributed by atoms with E-state index in [0.717, 1.165) is 11.7 Å². The van der Waals surface area contributed by atoms with Crippen LogP contribution >= 0.6 is 22.9 Å². The maximum atomic E-state index is 5.72. The molecule has 0 saturated carbocycles. The molecule has 5 heteroatoms. The number of hydrogen-bond acceptors (Lipinski definition) is 4. The Kier molecular flexibility index (Phi) is 3.75. The lowest BCUT2D eigenvalue weighted by Crippen LogP contribution is -2.44. The molecule has 14 heavy (non-hydrogen) atoms. The summed E-state index contributed by atoms with van der Waals surface area (Å²) >= 11 is 7.25. The largest absolute Gasteiger partial charge is 0.360 e. The van der Waals surface area contributed by atoms with Crippen LogP contribution in [0.5, 0.6) is 0 Å². The molecule has 1 rings (SSSR count). The highest BCUT2D eigenvalue weighted by atomic mass is 35.5. The highest BCUT2D eigenvalue weighted by Gasteiger charge is 2.20. The van der Waals surface area contributed by atoms with Gasteiger partial charge in [-0.2, -0.15) is 0 Å². The van der Waals surface area contributed by atoms with Crippen molar-refractivity contribution in [2.45, 2.75) is 19.4 Å². The van der Waals surface area contributed by atoms with Gasteiger partial charge in [0.2, 0.25) is 0 Å². The minimum Gasteiger partial charge on any atom is -0.360 e. The maximum Gasteiger partial charge on any atom is 0.184 e. The Balaban J connectivity index is 2.48. The highest BCUT2D eigenvalue weighted by molar-refractivity contribution is 7.14. The standard InChI is InChI=1S/C9H16ClN3S/c1-9(2,13(3)4)6-11-8-12-7(10)5-14-8/h5H,6H2,1-4H3,(H,11,12). The third-order valence-corrected chi connectivity index (χ3v) is 3.48. The summed E-state index contributed by atoms with van der Waals surface area (Å²) in [6, 6.07) is 0. The van der Waals surface area contributed by atoms with Crippen LogP contribution in [0.15, 0.2) is 5.38 Å². The minimum absolute atomic E-state index is 0.109. The first-order valence-corrected chi connectivity index (χ1v) is 5.70. The minimum atomic E-state index is 0.109. The zero-order valence-corrected chi connectivity index (χ0v) is 10.5. The average molecular weight is 234 g/mol. The summed E-state index contributed by atoms with van der Waals surface area (Å²) in [6.45, 7) is 5.20. The van der Waals surface area contributed by atoms with Gasteiger partial charge in [0.25, 0.3) is 0 Å². The van der Waals surface area contributed by atoms with E-state index in [1.54, 1.807) is 0 Å². The van der Waals surface area contributed by atoms with Crippen LogP contribution in [0.25, 0.3) is 0 Å². The molecule has 0 saturated heterocycles. The van der Waals surface area contributed by atoms with Crippen molar-refractivity contribution in [3.8, 4) is 0 Å². The summed E-state index contributed by atoms with van der Waals surface area (Å²) in [5, 5.41) is 6.53. The van der Waals surface area contributed by atoms with Gasteiger partial charge in [-0.3, -0.25) is 0 Å².